The van der Waals surface area contributed by atoms with Crippen molar-refractivity contribution in [2.45, 2.75) is 50.6 Å². The van der Waals surface area contributed by atoms with E-state index in [2.05, 4.69) is 41.1 Å². The van der Waals surface area contributed by atoms with Crippen LogP contribution in [0.5, 0.6) is 0 Å². The van der Waals surface area contributed by atoms with Gasteiger partial charge in [0.15, 0.2) is 0 Å². The molecule has 2 saturated heterocycles. The van der Waals surface area contributed by atoms with Crippen LogP contribution in [0.3, 0.4) is 0 Å². The molecule has 0 N–H and O–H groups in total. The molecule has 1 aromatic heterocycles. The van der Waals surface area contributed by atoms with Crippen molar-refractivity contribution in [1.29, 1.82) is 0 Å². The lowest BCUT2D eigenvalue weighted by molar-refractivity contribution is 0.0566. The summed E-state index contributed by atoms with van der Waals surface area (Å²) in [6, 6.07) is 9.70. The molecular weight excluding hydrogens is 292 g/mol. The molecule has 1 aromatic carbocycles. The minimum absolute atomic E-state index is 0.135. The SMILES string of the molecule is Cc1ccc([C@H]2C[C@H]3CC[C@@H](C2)N3C(=O)c2cscn2)cc1. The highest BCUT2D eigenvalue weighted by molar-refractivity contribution is 7.07. The van der Waals surface area contributed by atoms with E-state index in [0.29, 0.717) is 23.7 Å². The summed E-state index contributed by atoms with van der Waals surface area (Å²) < 4.78 is 0. The number of hydrogen-bond donors (Lipinski definition) is 0. The van der Waals surface area contributed by atoms with Crippen LogP contribution < -0.4 is 0 Å². The number of amides is 1. The Morgan fingerprint density at radius 2 is 1.86 bits per heavy atom. The highest BCUT2D eigenvalue weighted by atomic mass is 32.1. The number of fused-ring (bicyclic) bond motifs is 2. The van der Waals surface area contributed by atoms with Gasteiger partial charge in [0.05, 0.1) is 5.51 Å². The van der Waals surface area contributed by atoms with Crippen LogP contribution in [0.4, 0.5) is 0 Å². The second-order valence-corrected chi connectivity index (χ2v) is 7.27. The Morgan fingerprint density at radius 1 is 1.18 bits per heavy atom. The lowest BCUT2D eigenvalue weighted by atomic mass is 9.84. The lowest BCUT2D eigenvalue weighted by Gasteiger charge is -2.39. The number of benzene rings is 1. The van der Waals surface area contributed by atoms with E-state index in [9.17, 15) is 4.79 Å². The number of hydrogen-bond acceptors (Lipinski definition) is 3. The monoisotopic (exact) mass is 312 g/mol. The molecule has 0 unspecified atom stereocenters. The fraction of sp³-hybridized carbons (Fsp3) is 0.444. The van der Waals surface area contributed by atoms with E-state index in [1.165, 1.54) is 22.5 Å². The van der Waals surface area contributed by atoms with Gasteiger partial charge in [-0.2, -0.15) is 0 Å². The summed E-state index contributed by atoms with van der Waals surface area (Å²) in [6.07, 6.45) is 4.47. The van der Waals surface area contributed by atoms with E-state index in [1.807, 2.05) is 5.38 Å². The number of carbonyl (C=O) groups excluding carboxylic acids is 1. The number of nitrogens with zero attached hydrogens (tertiary/aromatic N) is 2. The van der Waals surface area contributed by atoms with Crippen molar-refractivity contribution in [3.8, 4) is 0 Å². The van der Waals surface area contributed by atoms with Crippen molar-refractivity contribution >= 4 is 17.2 Å². The summed E-state index contributed by atoms with van der Waals surface area (Å²) in [4.78, 5) is 19.0. The summed E-state index contributed by atoms with van der Waals surface area (Å²) in [5, 5.41) is 1.87. The van der Waals surface area contributed by atoms with Crippen LogP contribution >= 0.6 is 11.3 Å². The quantitative estimate of drug-likeness (QED) is 0.839. The number of rotatable bonds is 2. The van der Waals surface area contributed by atoms with Crippen molar-refractivity contribution in [2.24, 2.45) is 0 Å². The zero-order valence-corrected chi connectivity index (χ0v) is 13.6. The Kier molecular flexibility index (Phi) is 3.49. The van der Waals surface area contributed by atoms with Crippen LogP contribution in [-0.2, 0) is 0 Å². The highest BCUT2D eigenvalue weighted by Crippen LogP contribution is 2.43. The normalized spacial score (nSPS) is 27.1. The van der Waals surface area contributed by atoms with Crippen LogP contribution in [0.1, 0.15) is 53.2 Å². The van der Waals surface area contributed by atoms with Crippen LogP contribution in [-0.4, -0.2) is 27.9 Å². The predicted molar refractivity (Wildman–Crippen MR) is 88.2 cm³/mol. The van der Waals surface area contributed by atoms with E-state index in [4.69, 9.17) is 0 Å². The fourth-order valence-electron chi connectivity index (χ4n) is 4.07. The summed E-state index contributed by atoms with van der Waals surface area (Å²) in [7, 11) is 0. The zero-order valence-electron chi connectivity index (χ0n) is 12.7. The van der Waals surface area contributed by atoms with Gasteiger partial charge in [-0.3, -0.25) is 4.79 Å². The van der Waals surface area contributed by atoms with Gasteiger partial charge < -0.3 is 4.90 Å². The Hall–Kier alpha value is -1.68. The Bertz CT molecular complexity index is 651. The smallest absolute Gasteiger partial charge is 0.273 e. The van der Waals surface area contributed by atoms with E-state index < -0.39 is 0 Å². The minimum Gasteiger partial charge on any atom is -0.331 e. The molecule has 114 valence electrons. The molecular formula is C18H20N2OS. The third kappa shape index (κ3) is 2.35. The van der Waals surface area contributed by atoms with Crippen molar-refractivity contribution < 1.29 is 4.79 Å². The Morgan fingerprint density at radius 3 is 2.45 bits per heavy atom. The molecule has 3 atom stereocenters. The van der Waals surface area contributed by atoms with Gasteiger partial charge >= 0.3 is 0 Å². The average molecular weight is 312 g/mol. The third-order valence-corrected chi connectivity index (χ3v) is 5.75. The van der Waals surface area contributed by atoms with Crippen molar-refractivity contribution in [3.05, 3.63) is 52.0 Å². The van der Waals surface area contributed by atoms with Gasteiger partial charge in [-0.05, 0) is 44.1 Å². The van der Waals surface area contributed by atoms with E-state index in [-0.39, 0.29) is 5.91 Å². The Labute approximate surface area is 135 Å². The van der Waals surface area contributed by atoms with Gasteiger partial charge in [0, 0.05) is 17.5 Å². The maximum atomic E-state index is 12.7. The van der Waals surface area contributed by atoms with Crippen molar-refractivity contribution in [1.82, 2.24) is 9.88 Å². The lowest BCUT2D eigenvalue weighted by Crippen LogP contribution is -2.46. The first-order valence-electron chi connectivity index (χ1n) is 8.00. The number of aryl methyl sites for hydroxylation is 1. The van der Waals surface area contributed by atoms with Gasteiger partial charge in [0.1, 0.15) is 5.69 Å². The van der Waals surface area contributed by atoms with E-state index in [0.717, 1.165) is 25.7 Å². The second-order valence-electron chi connectivity index (χ2n) is 6.55. The minimum atomic E-state index is 0.135. The van der Waals surface area contributed by atoms with Crippen LogP contribution in [0.2, 0.25) is 0 Å². The molecule has 1 amide bonds. The van der Waals surface area contributed by atoms with Gasteiger partial charge in [-0.15, -0.1) is 11.3 Å². The molecule has 2 aromatic rings. The maximum absolute atomic E-state index is 12.7. The maximum Gasteiger partial charge on any atom is 0.273 e. The van der Waals surface area contributed by atoms with Crippen LogP contribution in [0, 0.1) is 6.92 Å². The first kappa shape index (κ1) is 13.9. The highest BCUT2D eigenvalue weighted by Gasteiger charge is 2.44. The predicted octanol–water partition coefficient (Wildman–Crippen LogP) is 4.00. The molecule has 4 heteroatoms. The number of piperidine rings is 1. The molecule has 2 bridgehead atoms. The van der Waals surface area contributed by atoms with Gasteiger partial charge in [-0.25, -0.2) is 4.98 Å². The fourth-order valence-corrected chi connectivity index (χ4v) is 4.60. The topological polar surface area (TPSA) is 33.2 Å². The zero-order chi connectivity index (χ0) is 15.1. The average Bonchev–Trinajstić information content (AvgIpc) is 3.14. The van der Waals surface area contributed by atoms with Gasteiger partial charge in [0.25, 0.3) is 5.91 Å². The molecule has 2 aliphatic heterocycles. The number of aromatic nitrogens is 1. The van der Waals surface area contributed by atoms with Crippen LogP contribution in [0.25, 0.3) is 0 Å². The first-order chi connectivity index (χ1) is 10.7. The molecule has 0 spiro atoms. The molecule has 3 heterocycles. The Balaban J connectivity index is 1.54. The van der Waals surface area contributed by atoms with E-state index >= 15 is 0 Å². The van der Waals surface area contributed by atoms with Crippen LogP contribution in [0.15, 0.2) is 35.2 Å². The molecule has 2 fully saturated rings. The van der Waals surface area contributed by atoms with Gasteiger partial charge in [-0.1, -0.05) is 29.8 Å². The van der Waals surface area contributed by atoms with Crippen molar-refractivity contribution in [2.75, 3.05) is 0 Å². The first-order valence-corrected chi connectivity index (χ1v) is 8.94. The largest absolute Gasteiger partial charge is 0.331 e. The molecule has 2 aliphatic rings. The number of thiazole rings is 1. The third-order valence-electron chi connectivity index (χ3n) is 5.17. The second kappa shape index (κ2) is 5.51. The van der Waals surface area contributed by atoms with Gasteiger partial charge in [0.2, 0.25) is 0 Å². The van der Waals surface area contributed by atoms with E-state index in [1.54, 1.807) is 5.51 Å². The molecule has 0 radical (unpaired) electrons. The number of carbonyl (C=O) groups is 1. The van der Waals surface area contributed by atoms with Crippen molar-refractivity contribution in [3.63, 3.8) is 0 Å². The molecule has 22 heavy (non-hydrogen) atoms. The molecule has 3 nitrogen and oxygen atoms in total. The standard InChI is InChI=1S/C18H20N2OS/c1-12-2-4-13(5-3-12)14-8-15-6-7-16(9-14)20(15)18(21)17-10-22-11-19-17/h2-5,10-11,14-16H,6-9H2,1H3/t14-,15+,16-. The molecule has 4 rings (SSSR count). The summed E-state index contributed by atoms with van der Waals surface area (Å²) >= 11 is 1.49. The molecule has 0 aliphatic carbocycles. The molecule has 0 saturated carbocycles. The summed E-state index contributed by atoms with van der Waals surface area (Å²) in [5.41, 5.74) is 5.11. The summed E-state index contributed by atoms with van der Waals surface area (Å²) in [5.74, 6) is 0.730. The summed E-state index contributed by atoms with van der Waals surface area (Å²) in [6.45, 7) is 2.13.